The Morgan fingerprint density at radius 1 is 1.11 bits per heavy atom. The molecule has 1 unspecified atom stereocenters. The molecule has 0 saturated carbocycles. The van der Waals surface area contributed by atoms with Crippen LogP contribution in [0.5, 0.6) is 5.75 Å². The molecule has 1 saturated heterocycles. The maximum Gasteiger partial charge on any atom is 0.191 e. The molecule has 0 amide bonds. The van der Waals surface area contributed by atoms with Gasteiger partial charge in [0.1, 0.15) is 11.9 Å². The molecule has 5 heteroatoms. The number of aliphatic imine (C=N–C) groups is 1. The van der Waals surface area contributed by atoms with Crippen molar-refractivity contribution < 1.29 is 4.74 Å². The van der Waals surface area contributed by atoms with Crippen LogP contribution in [0.1, 0.15) is 25.3 Å². The van der Waals surface area contributed by atoms with Gasteiger partial charge in [0.2, 0.25) is 0 Å². The molecule has 5 nitrogen and oxygen atoms in total. The first kappa shape index (κ1) is 20.1. The monoisotopic (exact) mass is 380 g/mol. The lowest BCUT2D eigenvalue weighted by Gasteiger charge is -2.34. The lowest BCUT2D eigenvalue weighted by atomic mass is 10.0. The van der Waals surface area contributed by atoms with Gasteiger partial charge in [-0.3, -0.25) is 4.99 Å². The third kappa shape index (κ3) is 5.65. The van der Waals surface area contributed by atoms with E-state index in [9.17, 15) is 0 Å². The van der Waals surface area contributed by atoms with Gasteiger partial charge in [0, 0.05) is 31.9 Å². The number of aryl methyl sites for hydroxylation is 1. The molecule has 2 aromatic rings. The fourth-order valence-corrected chi connectivity index (χ4v) is 3.50. The smallest absolute Gasteiger partial charge is 0.191 e. The summed E-state index contributed by atoms with van der Waals surface area (Å²) in [5.74, 6) is 1.78. The number of nitrogens with zero attached hydrogens (tertiary/aromatic N) is 2. The zero-order valence-electron chi connectivity index (χ0n) is 17.2. The Kier molecular flexibility index (Phi) is 7.18. The van der Waals surface area contributed by atoms with Crippen molar-refractivity contribution in [2.75, 3.05) is 31.6 Å². The van der Waals surface area contributed by atoms with Crippen molar-refractivity contribution in [3.63, 3.8) is 0 Å². The molecular formula is C23H32N4O. The van der Waals surface area contributed by atoms with Crippen molar-refractivity contribution >= 4 is 11.6 Å². The normalized spacial score (nSPS) is 16.5. The molecule has 28 heavy (non-hydrogen) atoms. The molecule has 0 radical (unpaired) electrons. The number of hydrogen-bond donors (Lipinski definition) is 2. The van der Waals surface area contributed by atoms with Gasteiger partial charge < -0.3 is 20.3 Å². The molecule has 1 fully saturated rings. The van der Waals surface area contributed by atoms with E-state index in [1.165, 1.54) is 5.69 Å². The van der Waals surface area contributed by atoms with Crippen molar-refractivity contribution in [2.24, 2.45) is 4.99 Å². The molecule has 0 aromatic heterocycles. The summed E-state index contributed by atoms with van der Waals surface area (Å²) < 4.78 is 6.04. The minimum absolute atomic E-state index is 0.0552. The van der Waals surface area contributed by atoms with Crippen LogP contribution < -0.4 is 20.3 Å². The van der Waals surface area contributed by atoms with Crippen molar-refractivity contribution in [2.45, 2.75) is 38.8 Å². The summed E-state index contributed by atoms with van der Waals surface area (Å²) in [6, 6.07) is 19.2. The second-order valence-corrected chi connectivity index (χ2v) is 7.39. The summed E-state index contributed by atoms with van der Waals surface area (Å²) in [6.45, 7) is 6.97. The van der Waals surface area contributed by atoms with E-state index in [1.54, 1.807) is 0 Å². The molecule has 1 aliphatic heterocycles. The molecule has 0 aliphatic carbocycles. The van der Waals surface area contributed by atoms with Crippen LogP contribution >= 0.6 is 0 Å². The third-order valence-electron chi connectivity index (χ3n) is 5.16. The van der Waals surface area contributed by atoms with Crippen LogP contribution in [0.3, 0.4) is 0 Å². The highest BCUT2D eigenvalue weighted by Gasteiger charge is 2.20. The van der Waals surface area contributed by atoms with E-state index in [4.69, 9.17) is 4.74 Å². The number of nitrogens with one attached hydrogen (secondary N) is 2. The second kappa shape index (κ2) is 10.0. The van der Waals surface area contributed by atoms with Gasteiger partial charge in [0.05, 0.1) is 6.54 Å². The van der Waals surface area contributed by atoms with Crippen LogP contribution in [-0.2, 0) is 0 Å². The molecule has 2 N–H and O–H groups in total. The SMILES string of the molecule is CN=C(NCC(C)Oc1ccccc1C)NC1CCN(c2ccccc2)CC1. The molecule has 1 atom stereocenters. The third-order valence-corrected chi connectivity index (χ3v) is 5.16. The van der Waals surface area contributed by atoms with Crippen molar-refractivity contribution in [1.29, 1.82) is 0 Å². The van der Waals surface area contributed by atoms with Crippen LogP contribution in [0.15, 0.2) is 59.6 Å². The first-order chi connectivity index (χ1) is 13.7. The Bertz CT molecular complexity index is 754. The average Bonchev–Trinajstić information content (AvgIpc) is 2.74. The molecule has 0 spiro atoms. The number of hydrogen-bond acceptors (Lipinski definition) is 3. The van der Waals surface area contributed by atoms with Gasteiger partial charge >= 0.3 is 0 Å². The minimum Gasteiger partial charge on any atom is -0.489 e. The Morgan fingerprint density at radius 3 is 2.46 bits per heavy atom. The molecule has 1 aliphatic rings. The molecular weight excluding hydrogens is 348 g/mol. The summed E-state index contributed by atoms with van der Waals surface area (Å²) >= 11 is 0. The van der Waals surface area contributed by atoms with Crippen LogP contribution in [-0.4, -0.2) is 44.8 Å². The summed E-state index contributed by atoms with van der Waals surface area (Å²) in [7, 11) is 1.82. The maximum atomic E-state index is 6.04. The van der Waals surface area contributed by atoms with E-state index >= 15 is 0 Å². The van der Waals surface area contributed by atoms with Crippen LogP contribution in [0.25, 0.3) is 0 Å². The quantitative estimate of drug-likeness (QED) is 0.594. The topological polar surface area (TPSA) is 48.9 Å². The molecule has 3 rings (SSSR count). The van der Waals surface area contributed by atoms with Crippen LogP contribution in [0, 0.1) is 6.92 Å². The second-order valence-electron chi connectivity index (χ2n) is 7.39. The highest BCUT2D eigenvalue weighted by molar-refractivity contribution is 5.80. The number of guanidine groups is 1. The Balaban J connectivity index is 1.42. The lowest BCUT2D eigenvalue weighted by molar-refractivity contribution is 0.222. The number of anilines is 1. The Labute approximate surface area is 168 Å². The highest BCUT2D eigenvalue weighted by atomic mass is 16.5. The summed E-state index contributed by atoms with van der Waals surface area (Å²) in [4.78, 5) is 6.83. The number of rotatable bonds is 6. The first-order valence-corrected chi connectivity index (χ1v) is 10.1. The zero-order chi connectivity index (χ0) is 19.8. The fourth-order valence-electron chi connectivity index (χ4n) is 3.50. The van der Waals surface area contributed by atoms with Gasteiger partial charge in [-0.25, -0.2) is 0 Å². The van der Waals surface area contributed by atoms with E-state index < -0.39 is 0 Å². The van der Waals surface area contributed by atoms with E-state index in [2.05, 4.69) is 70.8 Å². The Hall–Kier alpha value is -2.69. The van der Waals surface area contributed by atoms with E-state index in [1.807, 2.05) is 25.2 Å². The zero-order valence-corrected chi connectivity index (χ0v) is 17.2. The van der Waals surface area contributed by atoms with Crippen LogP contribution in [0.2, 0.25) is 0 Å². The average molecular weight is 381 g/mol. The summed E-state index contributed by atoms with van der Waals surface area (Å²) in [6.07, 6.45) is 2.26. The summed E-state index contributed by atoms with van der Waals surface area (Å²) in [5.41, 5.74) is 2.47. The molecule has 150 valence electrons. The van der Waals surface area contributed by atoms with Crippen LogP contribution in [0.4, 0.5) is 5.69 Å². The Morgan fingerprint density at radius 2 is 1.79 bits per heavy atom. The van der Waals surface area contributed by atoms with Gasteiger partial charge in [-0.15, -0.1) is 0 Å². The largest absolute Gasteiger partial charge is 0.489 e. The van der Waals surface area contributed by atoms with Gasteiger partial charge in [0.15, 0.2) is 5.96 Å². The minimum atomic E-state index is 0.0552. The van der Waals surface area contributed by atoms with Gasteiger partial charge in [0.25, 0.3) is 0 Å². The standard InChI is InChI=1S/C23H32N4O/c1-18-9-7-8-12-22(18)28-19(2)17-25-23(24-3)26-20-13-15-27(16-14-20)21-10-5-4-6-11-21/h4-12,19-20H,13-17H2,1-3H3,(H2,24,25,26). The van der Waals surface area contributed by atoms with E-state index in [-0.39, 0.29) is 6.10 Å². The first-order valence-electron chi connectivity index (χ1n) is 10.1. The van der Waals surface area contributed by atoms with Gasteiger partial charge in [-0.05, 0) is 50.5 Å². The number of benzene rings is 2. The number of para-hydroxylation sites is 2. The van der Waals surface area contributed by atoms with Crippen molar-refractivity contribution in [3.8, 4) is 5.75 Å². The van der Waals surface area contributed by atoms with E-state index in [0.717, 1.165) is 43.2 Å². The fraction of sp³-hybridized carbons (Fsp3) is 0.435. The predicted molar refractivity (Wildman–Crippen MR) is 117 cm³/mol. The lowest BCUT2D eigenvalue weighted by Crippen LogP contribution is -2.50. The molecule has 0 bridgehead atoms. The van der Waals surface area contributed by atoms with Gasteiger partial charge in [-0.1, -0.05) is 36.4 Å². The predicted octanol–water partition coefficient (Wildman–Crippen LogP) is 3.60. The van der Waals surface area contributed by atoms with E-state index in [0.29, 0.717) is 12.6 Å². The van der Waals surface area contributed by atoms with Crippen molar-refractivity contribution in [3.05, 3.63) is 60.2 Å². The maximum absolute atomic E-state index is 6.04. The molecule has 2 aromatic carbocycles. The van der Waals surface area contributed by atoms with Gasteiger partial charge in [-0.2, -0.15) is 0 Å². The number of ether oxygens (including phenoxy) is 1. The number of piperidine rings is 1. The summed E-state index contributed by atoms with van der Waals surface area (Å²) in [5, 5.41) is 6.96. The molecule has 1 heterocycles. The highest BCUT2D eigenvalue weighted by Crippen LogP contribution is 2.19. The van der Waals surface area contributed by atoms with Crippen molar-refractivity contribution in [1.82, 2.24) is 10.6 Å².